The molecule has 1 atom stereocenters. The number of amides is 1. The Kier molecular flexibility index (Phi) is 4.99. The second-order valence-corrected chi connectivity index (χ2v) is 4.40. The molecular weight excluding hydrogens is 237 g/mol. The van der Waals surface area contributed by atoms with Gasteiger partial charge in [-0.1, -0.05) is 0 Å². The van der Waals surface area contributed by atoms with Crippen LogP contribution in [0, 0.1) is 0 Å². The highest BCUT2D eigenvalue weighted by Crippen LogP contribution is 2.12. The first-order valence-electron chi connectivity index (χ1n) is 4.77. The van der Waals surface area contributed by atoms with Crippen molar-refractivity contribution in [1.82, 2.24) is 5.32 Å². The molecule has 1 amide bonds. The van der Waals surface area contributed by atoms with Crippen LogP contribution in [0.15, 0.2) is 16.5 Å². The van der Waals surface area contributed by atoms with Crippen molar-refractivity contribution in [2.45, 2.75) is 25.1 Å². The van der Waals surface area contributed by atoms with Crippen molar-refractivity contribution < 1.29 is 9.21 Å². The van der Waals surface area contributed by atoms with Crippen molar-refractivity contribution in [3.63, 3.8) is 0 Å². The van der Waals surface area contributed by atoms with Crippen molar-refractivity contribution in [3.8, 4) is 0 Å². The topological polar surface area (TPSA) is 42.2 Å². The zero-order chi connectivity index (χ0) is 11.3. The Morgan fingerprint density at radius 2 is 2.33 bits per heavy atom. The summed E-state index contributed by atoms with van der Waals surface area (Å²) in [6.45, 7) is 2.52. The van der Waals surface area contributed by atoms with Crippen molar-refractivity contribution in [2.75, 3.05) is 6.54 Å². The molecule has 1 N–H and O–H groups in total. The maximum Gasteiger partial charge on any atom is 0.287 e. The summed E-state index contributed by atoms with van der Waals surface area (Å²) in [6, 6.07) is 3.08. The summed E-state index contributed by atoms with van der Waals surface area (Å²) in [5.41, 5.74) is 0. The van der Waals surface area contributed by atoms with E-state index in [9.17, 15) is 4.79 Å². The molecule has 0 radical (unpaired) electrons. The highest BCUT2D eigenvalue weighted by atomic mass is 35.5. The number of rotatable bonds is 5. The Bertz CT molecular complexity index is 323. The summed E-state index contributed by atoms with van der Waals surface area (Å²) < 4.78 is 4.95. The van der Waals surface area contributed by atoms with E-state index < -0.39 is 0 Å². The summed E-state index contributed by atoms with van der Waals surface area (Å²) in [5, 5.41) is 3.07. The van der Waals surface area contributed by atoms with E-state index >= 15 is 0 Å². The molecule has 1 aromatic rings. The lowest BCUT2D eigenvalue weighted by Gasteiger charge is -2.03. The normalized spacial score (nSPS) is 12.5. The average Bonchev–Trinajstić information content (AvgIpc) is 2.59. The molecule has 0 saturated carbocycles. The molecule has 1 unspecified atom stereocenters. The second kappa shape index (κ2) is 6.03. The molecule has 0 fully saturated rings. The van der Waals surface area contributed by atoms with Crippen molar-refractivity contribution in [2.24, 2.45) is 0 Å². The smallest absolute Gasteiger partial charge is 0.287 e. The lowest BCUT2D eigenvalue weighted by molar-refractivity contribution is 0.0925. The van der Waals surface area contributed by atoms with Gasteiger partial charge in [0.05, 0.1) is 0 Å². The van der Waals surface area contributed by atoms with Crippen LogP contribution in [0.1, 0.15) is 30.3 Å². The minimum absolute atomic E-state index is 0.139. The Morgan fingerprint density at radius 3 is 2.87 bits per heavy atom. The lowest BCUT2D eigenvalue weighted by atomic mass is 10.2. The fourth-order valence-electron chi connectivity index (χ4n) is 1.11. The summed E-state index contributed by atoms with van der Waals surface area (Å²) in [7, 11) is 0. The van der Waals surface area contributed by atoms with E-state index in [0.717, 1.165) is 12.8 Å². The van der Waals surface area contributed by atoms with Crippen LogP contribution in [0.4, 0.5) is 0 Å². The zero-order valence-electron chi connectivity index (χ0n) is 8.43. The summed E-state index contributed by atoms with van der Waals surface area (Å²) in [6.07, 6.45) is 1.73. The first kappa shape index (κ1) is 12.4. The summed E-state index contributed by atoms with van der Waals surface area (Å²) in [4.78, 5) is 11.4. The predicted molar refractivity (Wildman–Crippen MR) is 60.6 cm³/mol. The molecule has 0 aliphatic heterocycles. The fraction of sp³-hybridized carbons (Fsp3) is 0.500. The van der Waals surface area contributed by atoms with Gasteiger partial charge in [-0.25, -0.2) is 0 Å². The number of carbonyl (C=O) groups is 1. The summed E-state index contributed by atoms with van der Waals surface area (Å²) in [5.74, 6) is -0.0111. The molecule has 1 rings (SSSR count). The van der Waals surface area contributed by atoms with Gasteiger partial charge in [-0.05, 0) is 43.5 Å². The van der Waals surface area contributed by atoms with Gasteiger partial charge >= 0.3 is 0 Å². The average molecular weight is 250 g/mol. The molecule has 0 aliphatic carbocycles. The van der Waals surface area contributed by atoms with Crippen molar-refractivity contribution in [3.05, 3.63) is 23.1 Å². The second-order valence-electron chi connectivity index (χ2n) is 3.28. The van der Waals surface area contributed by atoms with Crippen LogP contribution in [0.25, 0.3) is 0 Å². The first-order valence-corrected chi connectivity index (χ1v) is 5.58. The first-order chi connectivity index (χ1) is 7.09. The molecule has 1 heterocycles. The minimum Gasteiger partial charge on any atom is -0.440 e. The van der Waals surface area contributed by atoms with Crippen molar-refractivity contribution in [1.29, 1.82) is 0 Å². The third-order valence-electron chi connectivity index (χ3n) is 1.86. The monoisotopic (exact) mass is 249 g/mol. The zero-order valence-corrected chi connectivity index (χ0v) is 9.94. The van der Waals surface area contributed by atoms with E-state index in [1.54, 1.807) is 6.07 Å². The van der Waals surface area contributed by atoms with E-state index in [2.05, 4.69) is 5.32 Å². The Balaban J connectivity index is 2.25. The molecule has 84 valence electrons. The van der Waals surface area contributed by atoms with Gasteiger partial charge < -0.3 is 9.73 Å². The molecule has 3 nitrogen and oxygen atoms in total. The van der Waals surface area contributed by atoms with E-state index in [1.165, 1.54) is 6.07 Å². The highest BCUT2D eigenvalue weighted by molar-refractivity contribution is 6.29. The molecule has 5 heteroatoms. The van der Waals surface area contributed by atoms with Gasteiger partial charge in [-0.15, -0.1) is 11.6 Å². The molecule has 0 spiro atoms. The third-order valence-corrected chi connectivity index (χ3v) is 2.28. The summed E-state index contributed by atoms with van der Waals surface area (Å²) >= 11 is 11.3. The minimum atomic E-state index is -0.246. The predicted octanol–water partition coefficient (Wildman–Crippen LogP) is 3.07. The molecule has 0 aliphatic rings. The van der Waals surface area contributed by atoms with Gasteiger partial charge in [0, 0.05) is 11.9 Å². The van der Waals surface area contributed by atoms with Gasteiger partial charge in [0.15, 0.2) is 11.0 Å². The molecule has 0 aromatic carbocycles. The Labute approximate surface area is 98.7 Å². The van der Waals surface area contributed by atoms with Gasteiger partial charge in [0.25, 0.3) is 5.91 Å². The third kappa shape index (κ3) is 4.58. The molecule has 15 heavy (non-hydrogen) atoms. The maximum absolute atomic E-state index is 11.4. The van der Waals surface area contributed by atoms with Crippen LogP contribution in [0.2, 0.25) is 5.22 Å². The molecule has 1 aromatic heterocycles. The number of hydrogen-bond donors (Lipinski definition) is 1. The van der Waals surface area contributed by atoms with Crippen LogP contribution < -0.4 is 5.32 Å². The molecule has 0 bridgehead atoms. The molecule has 0 saturated heterocycles. The highest BCUT2D eigenvalue weighted by Gasteiger charge is 2.09. The number of nitrogens with one attached hydrogen (secondary N) is 1. The fourth-order valence-corrected chi connectivity index (χ4v) is 1.41. The van der Waals surface area contributed by atoms with Crippen LogP contribution in [0.3, 0.4) is 0 Å². The Morgan fingerprint density at radius 1 is 1.60 bits per heavy atom. The van der Waals surface area contributed by atoms with Gasteiger partial charge in [-0.2, -0.15) is 0 Å². The number of hydrogen-bond acceptors (Lipinski definition) is 2. The van der Waals surface area contributed by atoms with Crippen LogP contribution in [0.5, 0.6) is 0 Å². The van der Waals surface area contributed by atoms with E-state index in [4.69, 9.17) is 27.6 Å². The maximum atomic E-state index is 11.4. The van der Waals surface area contributed by atoms with E-state index in [1.807, 2.05) is 6.92 Å². The van der Waals surface area contributed by atoms with Gasteiger partial charge in [0.2, 0.25) is 0 Å². The largest absolute Gasteiger partial charge is 0.440 e. The van der Waals surface area contributed by atoms with Crippen LogP contribution in [-0.4, -0.2) is 17.8 Å². The van der Waals surface area contributed by atoms with Crippen LogP contribution >= 0.6 is 23.2 Å². The standard InChI is InChI=1S/C10H13Cl2NO2/c1-7(11)3-2-6-13-10(14)8-4-5-9(12)15-8/h4-5,7H,2-3,6H2,1H3,(H,13,14). The lowest BCUT2D eigenvalue weighted by Crippen LogP contribution is -2.24. The Hall–Kier alpha value is -0.670. The SMILES string of the molecule is CC(Cl)CCCNC(=O)c1ccc(Cl)o1. The number of alkyl halides is 1. The van der Waals surface area contributed by atoms with Gasteiger partial charge in [0.1, 0.15) is 0 Å². The van der Waals surface area contributed by atoms with E-state index in [0.29, 0.717) is 6.54 Å². The molecular formula is C10H13Cl2NO2. The van der Waals surface area contributed by atoms with Crippen LogP contribution in [-0.2, 0) is 0 Å². The van der Waals surface area contributed by atoms with E-state index in [-0.39, 0.29) is 22.3 Å². The van der Waals surface area contributed by atoms with Crippen molar-refractivity contribution >= 4 is 29.1 Å². The number of halogens is 2. The van der Waals surface area contributed by atoms with Gasteiger partial charge in [-0.3, -0.25) is 4.79 Å². The number of furan rings is 1. The quantitative estimate of drug-likeness (QED) is 0.644. The number of carbonyl (C=O) groups excluding carboxylic acids is 1.